The molecule has 0 spiro atoms. The summed E-state index contributed by atoms with van der Waals surface area (Å²) >= 11 is 0. The molecule has 2 rings (SSSR count). The number of rotatable bonds is 4. The Balaban J connectivity index is 2.45. The molecule has 0 bridgehead atoms. The van der Waals surface area contributed by atoms with Gasteiger partial charge in [0.2, 0.25) is 0 Å². The maximum absolute atomic E-state index is 12.6. The van der Waals surface area contributed by atoms with E-state index in [2.05, 4.69) is 6.58 Å². The highest BCUT2D eigenvalue weighted by Crippen LogP contribution is 2.29. The summed E-state index contributed by atoms with van der Waals surface area (Å²) in [6.45, 7) is 7.30. The Kier molecular flexibility index (Phi) is 3.85. The van der Waals surface area contributed by atoms with E-state index < -0.39 is 28.3 Å². The Morgan fingerprint density at radius 2 is 1.95 bits per heavy atom. The van der Waals surface area contributed by atoms with Gasteiger partial charge in [0, 0.05) is 0 Å². The second-order valence-electron chi connectivity index (χ2n) is 4.67. The molecule has 20 heavy (non-hydrogen) atoms. The molecule has 1 amide bonds. The number of carbonyl (C=O) groups excluding carboxylic acids is 1. The molecule has 1 saturated heterocycles. The van der Waals surface area contributed by atoms with Gasteiger partial charge in [0.05, 0.1) is 4.90 Å². The molecule has 1 aromatic rings. The van der Waals surface area contributed by atoms with Gasteiger partial charge in [-0.2, -0.15) is 4.31 Å². The zero-order valence-corrected chi connectivity index (χ0v) is 12.3. The summed E-state index contributed by atoms with van der Waals surface area (Å²) in [5, 5.41) is 0. The Morgan fingerprint density at radius 1 is 1.35 bits per heavy atom. The molecule has 1 aliphatic rings. The Morgan fingerprint density at radius 3 is 2.45 bits per heavy atom. The van der Waals surface area contributed by atoms with Gasteiger partial charge in [-0.25, -0.2) is 13.2 Å². The van der Waals surface area contributed by atoms with Crippen molar-refractivity contribution in [2.75, 3.05) is 0 Å². The predicted octanol–water partition coefficient (Wildman–Crippen LogP) is 2.47. The van der Waals surface area contributed by atoms with Crippen LogP contribution in [-0.4, -0.2) is 31.0 Å². The van der Waals surface area contributed by atoms with Gasteiger partial charge < -0.3 is 4.74 Å². The maximum atomic E-state index is 12.6. The zero-order valence-electron chi connectivity index (χ0n) is 11.4. The van der Waals surface area contributed by atoms with Crippen LogP contribution in [0.3, 0.4) is 0 Å². The van der Waals surface area contributed by atoms with Crippen LogP contribution in [0.4, 0.5) is 4.79 Å². The van der Waals surface area contributed by atoms with Crippen LogP contribution in [-0.2, 0) is 14.8 Å². The summed E-state index contributed by atoms with van der Waals surface area (Å²) in [5.41, 5.74) is 0.944. The monoisotopic (exact) mass is 295 g/mol. The lowest BCUT2D eigenvalue weighted by molar-refractivity contribution is 0.132. The first-order valence-electron chi connectivity index (χ1n) is 6.36. The van der Waals surface area contributed by atoms with E-state index in [1.807, 2.05) is 13.8 Å². The number of sulfonamides is 1. The summed E-state index contributed by atoms with van der Waals surface area (Å²) in [6, 6.07) is 5.68. The first-order valence-corrected chi connectivity index (χ1v) is 7.80. The number of ether oxygens (including phenoxy) is 1. The lowest BCUT2D eigenvalue weighted by atomic mass is 10.1. The third-order valence-electron chi connectivity index (χ3n) is 3.31. The molecule has 108 valence electrons. The molecule has 0 unspecified atom stereocenters. The van der Waals surface area contributed by atoms with Gasteiger partial charge in [-0.1, -0.05) is 30.7 Å². The number of hydrogen-bond acceptors (Lipinski definition) is 4. The molecule has 2 atom stereocenters. The molecule has 1 aliphatic heterocycles. The van der Waals surface area contributed by atoms with Crippen LogP contribution in [0.25, 0.3) is 0 Å². The Labute approximate surface area is 118 Å². The smallest absolute Gasteiger partial charge is 0.424 e. The van der Waals surface area contributed by atoms with Crippen molar-refractivity contribution in [2.24, 2.45) is 0 Å². The van der Waals surface area contributed by atoms with Crippen LogP contribution in [0.1, 0.15) is 18.9 Å². The number of hydrogen-bond donors (Lipinski definition) is 0. The average Bonchev–Trinajstić information content (AvgIpc) is 2.75. The molecule has 5 nitrogen and oxygen atoms in total. The van der Waals surface area contributed by atoms with E-state index >= 15 is 0 Å². The van der Waals surface area contributed by atoms with E-state index in [1.54, 1.807) is 12.1 Å². The zero-order chi connectivity index (χ0) is 14.9. The van der Waals surface area contributed by atoms with E-state index in [0.717, 1.165) is 9.87 Å². The number of cyclic esters (lactones) is 1. The van der Waals surface area contributed by atoms with Crippen molar-refractivity contribution in [3.8, 4) is 0 Å². The number of amides is 1. The van der Waals surface area contributed by atoms with Crippen molar-refractivity contribution >= 4 is 16.1 Å². The van der Waals surface area contributed by atoms with Crippen LogP contribution < -0.4 is 0 Å². The first-order chi connectivity index (χ1) is 9.41. The highest BCUT2D eigenvalue weighted by molar-refractivity contribution is 7.89. The molecule has 6 heteroatoms. The predicted molar refractivity (Wildman–Crippen MR) is 74.7 cm³/mol. The molecule has 0 radical (unpaired) electrons. The van der Waals surface area contributed by atoms with E-state index in [4.69, 9.17) is 4.74 Å². The molecular weight excluding hydrogens is 278 g/mol. The van der Waals surface area contributed by atoms with Gasteiger partial charge in [0.1, 0.15) is 12.1 Å². The molecule has 1 heterocycles. The second-order valence-corrected chi connectivity index (χ2v) is 6.49. The van der Waals surface area contributed by atoms with Crippen LogP contribution in [0, 0.1) is 6.92 Å². The largest absolute Gasteiger partial charge is 0.443 e. The van der Waals surface area contributed by atoms with E-state index in [9.17, 15) is 13.2 Å². The van der Waals surface area contributed by atoms with Crippen molar-refractivity contribution < 1.29 is 17.9 Å². The lowest BCUT2D eigenvalue weighted by Crippen LogP contribution is -2.39. The first kappa shape index (κ1) is 14.6. The molecule has 0 aromatic heterocycles. The summed E-state index contributed by atoms with van der Waals surface area (Å²) in [6.07, 6.45) is 0.634. The quantitative estimate of drug-likeness (QED) is 0.800. The van der Waals surface area contributed by atoms with Crippen LogP contribution in [0.5, 0.6) is 0 Å². The molecule has 0 saturated carbocycles. The van der Waals surface area contributed by atoms with Gasteiger partial charge in [-0.15, -0.1) is 6.58 Å². The van der Waals surface area contributed by atoms with Crippen LogP contribution in [0.15, 0.2) is 41.8 Å². The SMILES string of the molecule is C=C[C@@H]1[C@@H](CC)OC(=O)N1S(=O)(=O)c1ccc(C)cc1. The summed E-state index contributed by atoms with van der Waals surface area (Å²) in [4.78, 5) is 11.9. The number of carbonyl (C=O) groups is 1. The van der Waals surface area contributed by atoms with Crippen molar-refractivity contribution in [3.63, 3.8) is 0 Å². The van der Waals surface area contributed by atoms with Crippen LogP contribution in [0.2, 0.25) is 0 Å². The summed E-state index contributed by atoms with van der Waals surface area (Å²) in [5.74, 6) is 0. The third-order valence-corrected chi connectivity index (χ3v) is 5.08. The van der Waals surface area contributed by atoms with Gasteiger partial charge in [-0.05, 0) is 25.5 Å². The van der Waals surface area contributed by atoms with Crippen molar-refractivity contribution in [2.45, 2.75) is 37.3 Å². The third kappa shape index (κ3) is 2.31. The fraction of sp³-hybridized carbons (Fsp3) is 0.357. The van der Waals surface area contributed by atoms with Crippen molar-refractivity contribution in [3.05, 3.63) is 42.5 Å². The fourth-order valence-corrected chi connectivity index (χ4v) is 3.67. The van der Waals surface area contributed by atoms with E-state index in [0.29, 0.717) is 6.42 Å². The summed E-state index contributed by atoms with van der Waals surface area (Å²) < 4.78 is 31.0. The van der Waals surface area contributed by atoms with Crippen molar-refractivity contribution in [1.82, 2.24) is 4.31 Å². The molecular formula is C14H17NO4S. The van der Waals surface area contributed by atoms with Gasteiger partial charge in [0.15, 0.2) is 0 Å². The minimum absolute atomic E-state index is 0.0728. The minimum atomic E-state index is -3.92. The maximum Gasteiger partial charge on any atom is 0.424 e. The van der Waals surface area contributed by atoms with E-state index in [-0.39, 0.29) is 4.90 Å². The standard InChI is InChI=1S/C14H17NO4S/c1-4-12-13(5-2)19-14(16)15(12)20(17,18)11-8-6-10(3)7-9-11/h4,6-9,12-13H,1,5H2,2-3H3/t12-,13-/m1/s1. The van der Waals surface area contributed by atoms with Gasteiger partial charge in [0.25, 0.3) is 10.0 Å². The number of aryl methyl sites for hydroxylation is 1. The number of benzene rings is 1. The van der Waals surface area contributed by atoms with Crippen LogP contribution >= 0.6 is 0 Å². The topological polar surface area (TPSA) is 63.7 Å². The van der Waals surface area contributed by atoms with E-state index in [1.165, 1.54) is 18.2 Å². The minimum Gasteiger partial charge on any atom is -0.443 e. The molecule has 0 N–H and O–H groups in total. The Hall–Kier alpha value is -1.82. The van der Waals surface area contributed by atoms with Gasteiger partial charge >= 0.3 is 6.09 Å². The summed E-state index contributed by atoms with van der Waals surface area (Å²) in [7, 11) is -3.92. The highest BCUT2D eigenvalue weighted by atomic mass is 32.2. The van der Waals surface area contributed by atoms with Crippen molar-refractivity contribution in [1.29, 1.82) is 0 Å². The Bertz CT molecular complexity index is 621. The fourth-order valence-electron chi connectivity index (χ4n) is 2.18. The lowest BCUT2D eigenvalue weighted by Gasteiger charge is -2.20. The molecule has 1 aromatic carbocycles. The average molecular weight is 295 g/mol. The number of nitrogens with zero attached hydrogens (tertiary/aromatic N) is 1. The molecule has 0 aliphatic carbocycles. The normalized spacial score (nSPS) is 22.7. The molecule has 1 fully saturated rings. The second kappa shape index (κ2) is 5.28. The van der Waals surface area contributed by atoms with Gasteiger partial charge in [-0.3, -0.25) is 0 Å². The highest BCUT2D eigenvalue weighted by Gasteiger charge is 2.46.